The molecule has 1 amide bonds. The highest BCUT2D eigenvalue weighted by molar-refractivity contribution is 7.99. The van der Waals surface area contributed by atoms with Crippen molar-refractivity contribution in [1.82, 2.24) is 20.2 Å². The Morgan fingerprint density at radius 1 is 1.76 bits per heavy atom. The largest absolute Gasteiger partial charge is 0.344 e. The van der Waals surface area contributed by atoms with Crippen molar-refractivity contribution in [1.29, 1.82) is 0 Å². The van der Waals surface area contributed by atoms with Crippen molar-refractivity contribution in [2.24, 2.45) is 11.8 Å². The molecular formula is C9H15N5O2S. The molecule has 1 aliphatic rings. The van der Waals surface area contributed by atoms with Gasteiger partial charge in [0.2, 0.25) is 5.91 Å². The summed E-state index contributed by atoms with van der Waals surface area (Å²) in [6.07, 6.45) is 2.04. The lowest BCUT2D eigenvalue weighted by molar-refractivity contribution is -0.123. The molecule has 0 saturated heterocycles. The third-order valence-electron chi connectivity index (χ3n) is 2.64. The Bertz CT molecular complexity index is 464. The number of hydrogen-bond acceptors (Lipinski definition) is 5. The van der Waals surface area contributed by atoms with Crippen molar-refractivity contribution in [2.75, 3.05) is 5.75 Å². The first kappa shape index (κ1) is 12.2. The van der Waals surface area contributed by atoms with Crippen LogP contribution in [0.25, 0.3) is 0 Å². The molecule has 0 aliphatic heterocycles. The highest BCUT2D eigenvalue weighted by atomic mass is 32.2. The Labute approximate surface area is 102 Å². The number of hydrogen-bond donors (Lipinski definition) is 3. The van der Waals surface area contributed by atoms with Crippen LogP contribution >= 0.6 is 11.8 Å². The average Bonchev–Trinajstić information content (AvgIpc) is 3.09. The van der Waals surface area contributed by atoms with E-state index >= 15 is 0 Å². The van der Waals surface area contributed by atoms with Crippen LogP contribution in [-0.4, -0.2) is 26.4 Å². The van der Waals surface area contributed by atoms with Gasteiger partial charge in [0.25, 0.3) is 0 Å². The Kier molecular flexibility index (Phi) is 3.53. The Balaban J connectivity index is 1.99. The average molecular weight is 257 g/mol. The fourth-order valence-electron chi connectivity index (χ4n) is 1.46. The first-order valence-corrected chi connectivity index (χ1v) is 6.42. The van der Waals surface area contributed by atoms with Crippen LogP contribution in [0.5, 0.6) is 0 Å². The SMILES string of the molecule is CC(CSc1n[nH]c(=O)n1C1CC1)C(=O)NN. The Morgan fingerprint density at radius 3 is 3.06 bits per heavy atom. The molecule has 1 aliphatic carbocycles. The molecule has 1 aromatic rings. The maximum absolute atomic E-state index is 11.5. The second-order valence-corrected chi connectivity index (χ2v) is 5.12. The topological polar surface area (TPSA) is 106 Å². The van der Waals surface area contributed by atoms with E-state index in [1.54, 1.807) is 11.5 Å². The maximum atomic E-state index is 11.5. The highest BCUT2D eigenvalue weighted by Crippen LogP contribution is 2.36. The highest BCUT2D eigenvalue weighted by Gasteiger charge is 2.28. The molecule has 0 aromatic carbocycles. The summed E-state index contributed by atoms with van der Waals surface area (Å²) >= 11 is 1.39. The molecule has 1 fully saturated rings. The summed E-state index contributed by atoms with van der Waals surface area (Å²) in [4.78, 5) is 22.7. The van der Waals surface area contributed by atoms with Crippen molar-refractivity contribution >= 4 is 17.7 Å². The van der Waals surface area contributed by atoms with Crippen molar-refractivity contribution < 1.29 is 4.79 Å². The zero-order chi connectivity index (χ0) is 12.4. The number of hydrazine groups is 1. The van der Waals surface area contributed by atoms with Gasteiger partial charge in [0.15, 0.2) is 5.16 Å². The van der Waals surface area contributed by atoms with Gasteiger partial charge in [-0.15, -0.1) is 5.10 Å². The van der Waals surface area contributed by atoms with Gasteiger partial charge in [-0.2, -0.15) is 0 Å². The lowest BCUT2D eigenvalue weighted by Gasteiger charge is -2.08. The quantitative estimate of drug-likeness (QED) is 0.289. The van der Waals surface area contributed by atoms with Gasteiger partial charge in [-0.25, -0.2) is 15.7 Å². The summed E-state index contributed by atoms with van der Waals surface area (Å²) in [5, 5.41) is 7.04. The zero-order valence-electron chi connectivity index (χ0n) is 9.47. The molecule has 0 bridgehead atoms. The van der Waals surface area contributed by atoms with E-state index in [0.717, 1.165) is 12.8 Å². The van der Waals surface area contributed by atoms with Gasteiger partial charge in [0.05, 0.1) is 0 Å². The summed E-state index contributed by atoms with van der Waals surface area (Å²) in [5.41, 5.74) is 1.93. The molecule has 0 radical (unpaired) electrons. The van der Waals surface area contributed by atoms with Gasteiger partial charge >= 0.3 is 5.69 Å². The van der Waals surface area contributed by atoms with E-state index in [-0.39, 0.29) is 23.6 Å². The molecule has 1 atom stereocenters. The molecule has 94 valence electrons. The summed E-state index contributed by atoms with van der Waals surface area (Å²) in [6.45, 7) is 1.78. The van der Waals surface area contributed by atoms with E-state index in [0.29, 0.717) is 10.9 Å². The van der Waals surface area contributed by atoms with Crippen LogP contribution in [0.3, 0.4) is 0 Å². The Hall–Kier alpha value is -1.28. The van der Waals surface area contributed by atoms with Gasteiger partial charge in [0, 0.05) is 17.7 Å². The van der Waals surface area contributed by atoms with E-state index in [4.69, 9.17) is 5.84 Å². The molecule has 2 rings (SSSR count). The molecule has 17 heavy (non-hydrogen) atoms. The van der Waals surface area contributed by atoms with Gasteiger partial charge in [-0.05, 0) is 12.8 Å². The monoisotopic (exact) mass is 257 g/mol. The summed E-state index contributed by atoms with van der Waals surface area (Å²) in [7, 11) is 0. The normalized spacial score (nSPS) is 16.8. The first-order chi connectivity index (χ1) is 8.13. The van der Waals surface area contributed by atoms with Crippen LogP contribution in [0.15, 0.2) is 9.95 Å². The number of carbonyl (C=O) groups is 1. The third kappa shape index (κ3) is 2.70. The van der Waals surface area contributed by atoms with Gasteiger partial charge in [-0.3, -0.25) is 14.8 Å². The number of carbonyl (C=O) groups excluding carboxylic acids is 1. The number of amides is 1. The standard InChI is InChI=1S/C9H15N5O2S/c1-5(7(15)11-10)4-17-9-13-12-8(16)14(9)6-2-3-6/h5-6H,2-4,10H2,1H3,(H,11,15)(H,12,16). The number of H-pyrrole nitrogens is 1. The molecule has 1 heterocycles. The number of rotatable bonds is 5. The molecule has 1 saturated carbocycles. The molecule has 4 N–H and O–H groups in total. The second kappa shape index (κ2) is 4.92. The lowest BCUT2D eigenvalue weighted by Crippen LogP contribution is -2.35. The molecule has 1 unspecified atom stereocenters. The number of aromatic amines is 1. The van der Waals surface area contributed by atoms with Gasteiger partial charge < -0.3 is 0 Å². The van der Waals surface area contributed by atoms with Gasteiger partial charge in [-0.1, -0.05) is 18.7 Å². The summed E-state index contributed by atoms with van der Waals surface area (Å²) in [6, 6.07) is 0.280. The Morgan fingerprint density at radius 2 is 2.47 bits per heavy atom. The molecule has 8 heteroatoms. The van der Waals surface area contributed by atoms with Crippen LogP contribution < -0.4 is 17.0 Å². The second-order valence-electron chi connectivity index (χ2n) is 4.13. The number of nitrogens with one attached hydrogen (secondary N) is 2. The predicted octanol–water partition coefficient (Wildman–Crippen LogP) is -0.376. The number of nitrogens with zero attached hydrogens (tertiary/aromatic N) is 2. The third-order valence-corrected chi connectivity index (χ3v) is 3.85. The molecule has 7 nitrogen and oxygen atoms in total. The molecular weight excluding hydrogens is 242 g/mol. The fraction of sp³-hybridized carbons (Fsp3) is 0.667. The molecule has 0 spiro atoms. The van der Waals surface area contributed by atoms with Crippen molar-refractivity contribution in [2.45, 2.75) is 31.0 Å². The first-order valence-electron chi connectivity index (χ1n) is 5.43. The number of nitrogens with two attached hydrogens (primary N) is 1. The number of thioether (sulfide) groups is 1. The van der Waals surface area contributed by atoms with Crippen LogP contribution in [0.2, 0.25) is 0 Å². The number of aromatic nitrogens is 3. The van der Waals surface area contributed by atoms with E-state index in [1.165, 1.54) is 11.8 Å². The van der Waals surface area contributed by atoms with Crippen molar-refractivity contribution in [3.63, 3.8) is 0 Å². The van der Waals surface area contributed by atoms with Crippen LogP contribution in [0, 0.1) is 5.92 Å². The van der Waals surface area contributed by atoms with Crippen molar-refractivity contribution in [3.05, 3.63) is 10.5 Å². The minimum Gasteiger partial charge on any atom is -0.294 e. The lowest BCUT2D eigenvalue weighted by atomic mass is 10.2. The van der Waals surface area contributed by atoms with E-state index < -0.39 is 0 Å². The zero-order valence-corrected chi connectivity index (χ0v) is 10.3. The summed E-state index contributed by atoms with van der Waals surface area (Å²) in [5.74, 6) is 5.16. The van der Waals surface area contributed by atoms with Crippen LogP contribution in [0.4, 0.5) is 0 Å². The minimum absolute atomic E-state index is 0.175. The predicted molar refractivity (Wildman–Crippen MR) is 63.3 cm³/mol. The minimum atomic E-state index is -0.218. The van der Waals surface area contributed by atoms with E-state index in [1.807, 2.05) is 0 Å². The van der Waals surface area contributed by atoms with Gasteiger partial charge in [0.1, 0.15) is 0 Å². The van der Waals surface area contributed by atoms with Crippen LogP contribution in [-0.2, 0) is 4.79 Å². The smallest absolute Gasteiger partial charge is 0.294 e. The fourth-order valence-corrected chi connectivity index (χ4v) is 2.50. The summed E-state index contributed by atoms with van der Waals surface area (Å²) < 4.78 is 1.66. The molecule has 1 aromatic heterocycles. The maximum Gasteiger partial charge on any atom is 0.344 e. The van der Waals surface area contributed by atoms with E-state index in [2.05, 4.69) is 15.6 Å². The van der Waals surface area contributed by atoms with Crippen LogP contribution in [0.1, 0.15) is 25.8 Å². The van der Waals surface area contributed by atoms with Crippen molar-refractivity contribution in [3.8, 4) is 0 Å². The van der Waals surface area contributed by atoms with E-state index in [9.17, 15) is 9.59 Å².